The summed E-state index contributed by atoms with van der Waals surface area (Å²) in [6.07, 6.45) is 0.487. The lowest BCUT2D eigenvalue weighted by atomic mass is 9.45. The van der Waals surface area contributed by atoms with Crippen molar-refractivity contribution < 1.29 is 34.0 Å². The first-order chi connectivity index (χ1) is 12.8. The molecule has 3 unspecified atom stereocenters. The van der Waals surface area contributed by atoms with Gasteiger partial charge < -0.3 is 20.4 Å². The van der Waals surface area contributed by atoms with Crippen LogP contribution in [0.15, 0.2) is 23.6 Å². The predicted octanol–water partition coefficient (Wildman–Crippen LogP) is 2.51. The molecule has 2 fully saturated rings. The quantitative estimate of drug-likeness (QED) is 0.544. The highest BCUT2D eigenvalue weighted by Gasteiger charge is 2.76. The number of allylic oxidation sites excluding steroid dienone is 3. The standard InChI is InChI=1S/C21H28F2O5/c1-10-6-12-13-8-15(22)14-7-11(24)4-5-18(14,2)20(13,23)16(25)9-19(12,3)21(10,28)17(26)27/h7-8,10-13,16,24-25,28H,4-6,9H2,1-3H3,(H,26,27)/t10-,11?,12?,13?,16+,18+,19+,20+,21+/m1/s1. The molecule has 7 heteroatoms. The largest absolute Gasteiger partial charge is 0.479 e. The molecular weight excluding hydrogens is 370 g/mol. The van der Waals surface area contributed by atoms with Crippen molar-refractivity contribution in [3.63, 3.8) is 0 Å². The van der Waals surface area contributed by atoms with Crippen molar-refractivity contribution in [3.8, 4) is 0 Å². The Bertz CT molecular complexity index is 796. The molecular formula is C21H28F2O5. The van der Waals surface area contributed by atoms with Crippen molar-refractivity contribution in [1.29, 1.82) is 0 Å². The Morgan fingerprint density at radius 2 is 1.89 bits per heavy atom. The molecule has 0 heterocycles. The van der Waals surface area contributed by atoms with Crippen molar-refractivity contribution in [3.05, 3.63) is 23.6 Å². The molecule has 0 radical (unpaired) electrons. The second kappa shape index (κ2) is 5.64. The van der Waals surface area contributed by atoms with Crippen molar-refractivity contribution in [2.75, 3.05) is 0 Å². The summed E-state index contributed by atoms with van der Waals surface area (Å²) in [7, 11) is 0. The Morgan fingerprint density at radius 3 is 2.50 bits per heavy atom. The average molecular weight is 398 g/mol. The predicted molar refractivity (Wildman–Crippen MR) is 96.5 cm³/mol. The molecule has 0 aliphatic heterocycles. The van der Waals surface area contributed by atoms with Crippen LogP contribution in [-0.4, -0.2) is 49.9 Å². The number of hydrogen-bond donors (Lipinski definition) is 4. The van der Waals surface area contributed by atoms with Gasteiger partial charge in [0, 0.05) is 16.7 Å². The third kappa shape index (κ3) is 1.98. The molecule has 0 amide bonds. The van der Waals surface area contributed by atoms with E-state index in [1.54, 1.807) is 20.8 Å². The van der Waals surface area contributed by atoms with Crippen LogP contribution in [0.2, 0.25) is 0 Å². The smallest absolute Gasteiger partial charge is 0.336 e. The maximum absolute atomic E-state index is 16.8. The van der Waals surface area contributed by atoms with Crippen LogP contribution in [0.1, 0.15) is 46.5 Å². The summed E-state index contributed by atoms with van der Waals surface area (Å²) in [5.74, 6) is -4.38. The van der Waals surface area contributed by atoms with E-state index in [1.165, 1.54) is 6.08 Å². The molecule has 0 aromatic carbocycles. The van der Waals surface area contributed by atoms with Gasteiger partial charge in [0.2, 0.25) is 0 Å². The van der Waals surface area contributed by atoms with Crippen LogP contribution in [0.5, 0.6) is 0 Å². The number of carboxylic acids is 1. The number of aliphatic hydroxyl groups excluding tert-OH is 2. The van der Waals surface area contributed by atoms with Crippen LogP contribution in [0.4, 0.5) is 8.78 Å². The Labute approximate surface area is 162 Å². The molecule has 0 aromatic rings. The summed E-state index contributed by atoms with van der Waals surface area (Å²) in [5, 5.41) is 41.8. The Kier molecular flexibility index (Phi) is 4.03. The van der Waals surface area contributed by atoms with Gasteiger partial charge in [-0.3, -0.25) is 0 Å². The van der Waals surface area contributed by atoms with Gasteiger partial charge in [0.25, 0.3) is 0 Å². The van der Waals surface area contributed by atoms with Gasteiger partial charge >= 0.3 is 5.97 Å². The number of alkyl halides is 1. The zero-order valence-corrected chi connectivity index (χ0v) is 16.3. The average Bonchev–Trinajstić information content (AvgIpc) is 2.81. The molecule has 0 bridgehead atoms. The third-order valence-electron chi connectivity index (χ3n) is 8.68. The highest BCUT2D eigenvalue weighted by atomic mass is 19.1. The van der Waals surface area contributed by atoms with E-state index < -0.39 is 63.9 Å². The molecule has 2 saturated carbocycles. The summed E-state index contributed by atoms with van der Waals surface area (Å²) >= 11 is 0. The van der Waals surface area contributed by atoms with Gasteiger partial charge in [-0.25, -0.2) is 13.6 Å². The molecule has 0 saturated heterocycles. The van der Waals surface area contributed by atoms with Crippen LogP contribution in [0, 0.1) is 28.6 Å². The molecule has 156 valence electrons. The molecule has 28 heavy (non-hydrogen) atoms. The number of hydrogen-bond acceptors (Lipinski definition) is 4. The molecule has 4 rings (SSSR count). The first-order valence-corrected chi connectivity index (χ1v) is 9.95. The van der Waals surface area contributed by atoms with Crippen LogP contribution in [-0.2, 0) is 4.79 Å². The Hall–Kier alpha value is -1.31. The minimum atomic E-state index is -2.21. The number of fused-ring (bicyclic) bond motifs is 5. The SMILES string of the molecule is C[C@@H]1CC2C3C=C(F)C4=CC(O)CC[C@]4(C)[C@@]3(F)[C@@H](O)C[C@]2(C)[C@@]1(O)C(=O)O. The molecule has 0 spiro atoms. The van der Waals surface area contributed by atoms with Crippen LogP contribution >= 0.6 is 0 Å². The summed E-state index contributed by atoms with van der Waals surface area (Å²) in [6, 6.07) is 0. The maximum atomic E-state index is 16.8. The normalized spacial score (nSPS) is 55.5. The first-order valence-electron chi connectivity index (χ1n) is 9.95. The Balaban J connectivity index is 1.92. The van der Waals surface area contributed by atoms with Gasteiger partial charge in [-0.15, -0.1) is 0 Å². The highest BCUT2D eigenvalue weighted by Crippen LogP contribution is 2.70. The number of aliphatic hydroxyl groups is 3. The minimum Gasteiger partial charge on any atom is -0.479 e. The van der Waals surface area contributed by atoms with E-state index in [0.717, 1.165) is 6.08 Å². The third-order valence-corrected chi connectivity index (χ3v) is 8.68. The fraction of sp³-hybridized carbons (Fsp3) is 0.762. The lowest BCUT2D eigenvalue weighted by molar-refractivity contribution is -0.221. The van der Waals surface area contributed by atoms with E-state index >= 15 is 8.78 Å². The van der Waals surface area contributed by atoms with E-state index in [1.807, 2.05) is 0 Å². The zero-order valence-electron chi connectivity index (χ0n) is 16.3. The van der Waals surface area contributed by atoms with Gasteiger partial charge in [-0.1, -0.05) is 20.8 Å². The molecule has 9 atom stereocenters. The molecule has 4 aliphatic rings. The second-order valence-corrected chi connectivity index (χ2v) is 9.78. The first kappa shape index (κ1) is 20.0. The van der Waals surface area contributed by atoms with Gasteiger partial charge in [0.1, 0.15) is 5.83 Å². The second-order valence-electron chi connectivity index (χ2n) is 9.78. The maximum Gasteiger partial charge on any atom is 0.336 e. The lowest BCUT2D eigenvalue weighted by Gasteiger charge is -2.61. The number of halogens is 2. The monoisotopic (exact) mass is 398 g/mol. The zero-order chi connectivity index (χ0) is 20.9. The summed E-state index contributed by atoms with van der Waals surface area (Å²) in [5.41, 5.74) is -6.87. The molecule has 0 aromatic heterocycles. The topological polar surface area (TPSA) is 98.0 Å². The number of aliphatic carboxylic acids is 1. The van der Waals surface area contributed by atoms with Gasteiger partial charge in [-0.05, 0) is 55.2 Å². The fourth-order valence-corrected chi connectivity index (χ4v) is 7.02. The molecule has 4 N–H and O–H groups in total. The highest BCUT2D eigenvalue weighted by molar-refractivity contribution is 5.79. The number of carboxylic acid groups (broad SMARTS) is 1. The summed E-state index contributed by atoms with van der Waals surface area (Å²) in [6.45, 7) is 4.76. The van der Waals surface area contributed by atoms with Crippen LogP contribution in [0.3, 0.4) is 0 Å². The van der Waals surface area contributed by atoms with E-state index in [2.05, 4.69) is 0 Å². The minimum absolute atomic E-state index is 0.0761. The van der Waals surface area contributed by atoms with Gasteiger partial charge in [0.05, 0.1) is 12.2 Å². The van der Waals surface area contributed by atoms with E-state index in [-0.39, 0.29) is 31.3 Å². The van der Waals surface area contributed by atoms with E-state index in [4.69, 9.17) is 0 Å². The molecule has 4 aliphatic carbocycles. The Morgan fingerprint density at radius 1 is 1.25 bits per heavy atom. The van der Waals surface area contributed by atoms with Crippen molar-refractivity contribution in [2.24, 2.45) is 28.6 Å². The van der Waals surface area contributed by atoms with Crippen LogP contribution < -0.4 is 0 Å². The fourth-order valence-electron chi connectivity index (χ4n) is 7.02. The van der Waals surface area contributed by atoms with Crippen molar-refractivity contribution in [1.82, 2.24) is 0 Å². The van der Waals surface area contributed by atoms with Crippen LogP contribution in [0.25, 0.3) is 0 Å². The van der Waals surface area contributed by atoms with Gasteiger partial charge in [0.15, 0.2) is 11.3 Å². The number of rotatable bonds is 1. The summed E-state index contributed by atoms with van der Waals surface area (Å²) < 4.78 is 31.9. The lowest BCUT2D eigenvalue weighted by Crippen LogP contribution is -2.69. The van der Waals surface area contributed by atoms with E-state index in [9.17, 15) is 25.2 Å². The number of carbonyl (C=O) groups is 1. The van der Waals surface area contributed by atoms with E-state index in [0.29, 0.717) is 0 Å². The molecule has 5 nitrogen and oxygen atoms in total. The summed E-state index contributed by atoms with van der Waals surface area (Å²) in [4.78, 5) is 12.0. The van der Waals surface area contributed by atoms with Crippen molar-refractivity contribution >= 4 is 5.97 Å². The van der Waals surface area contributed by atoms with Crippen molar-refractivity contribution in [2.45, 2.75) is 69.9 Å². The van der Waals surface area contributed by atoms with Gasteiger partial charge in [-0.2, -0.15) is 0 Å².